The molecule has 0 heterocycles. The third-order valence-corrected chi connectivity index (χ3v) is 16.6. The van der Waals surface area contributed by atoms with E-state index < -0.39 is 20.0 Å². The first-order valence-corrected chi connectivity index (χ1v) is 36.8. The first-order chi connectivity index (χ1) is 40.4. The predicted octanol–water partition coefficient (Wildman–Crippen LogP) is 22.3. The standard InChI is InChI=1S/C73H135N2O7P/c1-7-10-13-16-19-22-25-28-30-32-34-36-37-39-41-43-45-48-51-54-57-60-63-66-73(77)82-71(64-61-58-55-52-49-46-27-24-21-18-15-12-9-3)70(69-81-83(78,79)80-68-67-75(4,5)6)74-72(76)65-62-59-56-53-50-47-44-42-40-38-35-33-31-29-26-23-20-17-14-11-8-2/h20,23,28-31,35,38,42,44,61,64,70-71H,7-19,21-22,24-27,32-34,36-37,39-41,43,45-60,62-63,65-69H2,1-6H3,(H-,74,76,78,79)/p+1/b23-20-,30-28+,31-29-,38-35-,44-42-,64-61+. The number of nitrogens with one attached hydrogen (secondary N) is 1. The third kappa shape index (κ3) is 63.8. The van der Waals surface area contributed by atoms with Crippen LogP contribution in [0.3, 0.4) is 0 Å². The van der Waals surface area contributed by atoms with E-state index in [1.807, 2.05) is 33.3 Å². The van der Waals surface area contributed by atoms with E-state index in [0.717, 1.165) is 96.3 Å². The van der Waals surface area contributed by atoms with E-state index in [9.17, 15) is 19.0 Å². The molecular formula is C73H136N2O7P+. The maximum atomic E-state index is 13.6. The Kier molecular flexibility index (Phi) is 60.6. The van der Waals surface area contributed by atoms with Crippen LogP contribution in [0.25, 0.3) is 0 Å². The van der Waals surface area contributed by atoms with Gasteiger partial charge in [-0.15, -0.1) is 0 Å². The highest BCUT2D eigenvalue weighted by Gasteiger charge is 2.30. The van der Waals surface area contributed by atoms with E-state index in [-0.39, 0.29) is 31.5 Å². The first kappa shape index (κ1) is 80.5. The molecule has 0 aliphatic heterocycles. The van der Waals surface area contributed by atoms with Crippen molar-refractivity contribution in [2.24, 2.45) is 0 Å². The van der Waals surface area contributed by atoms with Gasteiger partial charge in [-0.05, 0) is 102 Å². The van der Waals surface area contributed by atoms with Crippen LogP contribution in [0.4, 0.5) is 0 Å². The number of esters is 1. The highest BCUT2D eigenvalue weighted by Crippen LogP contribution is 2.43. The second kappa shape index (κ2) is 62.5. The van der Waals surface area contributed by atoms with Crippen molar-refractivity contribution in [3.8, 4) is 0 Å². The molecule has 9 nitrogen and oxygen atoms in total. The summed E-state index contributed by atoms with van der Waals surface area (Å²) in [6, 6.07) is -0.861. The van der Waals surface area contributed by atoms with Crippen LogP contribution in [-0.4, -0.2) is 74.3 Å². The van der Waals surface area contributed by atoms with Crippen LogP contribution in [0.15, 0.2) is 72.9 Å². The van der Waals surface area contributed by atoms with Crippen LogP contribution >= 0.6 is 7.82 Å². The Morgan fingerprint density at radius 1 is 0.422 bits per heavy atom. The Labute approximate surface area is 514 Å². The van der Waals surface area contributed by atoms with E-state index in [1.165, 1.54) is 199 Å². The second-order valence-electron chi connectivity index (χ2n) is 25.0. The van der Waals surface area contributed by atoms with E-state index in [0.29, 0.717) is 17.4 Å². The van der Waals surface area contributed by atoms with Crippen molar-refractivity contribution in [3.63, 3.8) is 0 Å². The number of unbranched alkanes of at least 4 members (excludes halogenated alkanes) is 38. The van der Waals surface area contributed by atoms with Crippen LogP contribution in [0.2, 0.25) is 0 Å². The summed E-state index contributed by atoms with van der Waals surface area (Å²) >= 11 is 0. The number of amides is 1. The van der Waals surface area contributed by atoms with Gasteiger partial charge in [0, 0.05) is 12.8 Å². The average Bonchev–Trinajstić information content (AvgIpc) is 3.46. The van der Waals surface area contributed by atoms with Gasteiger partial charge in [0.15, 0.2) is 0 Å². The number of ether oxygens (including phenoxy) is 1. The van der Waals surface area contributed by atoms with Crippen LogP contribution in [0.1, 0.15) is 329 Å². The van der Waals surface area contributed by atoms with Crippen molar-refractivity contribution < 1.29 is 37.3 Å². The number of likely N-dealkylation sites (N-methyl/N-ethyl adjacent to an activating group) is 1. The molecule has 0 spiro atoms. The number of hydrogen-bond donors (Lipinski definition) is 2. The Morgan fingerprint density at radius 2 is 0.735 bits per heavy atom. The SMILES string of the molecule is CCCCC/C=C\C/C=C\C/C=C\C/C=C\CCCCCCCC(=O)NC(COP(=O)(O)OCC[N+](C)(C)C)C(/C=C/CCCCCCCCCCCCC)OC(=O)CCCCCCCCCCCCCCC/C=C/CCCCCCCC. The maximum Gasteiger partial charge on any atom is 0.472 e. The highest BCUT2D eigenvalue weighted by molar-refractivity contribution is 7.47. The lowest BCUT2D eigenvalue weighted by molar-refractivity contribution is -0.870. The quantitative estimate of drug-likeness (QED) is 0.0205. The summed E-state index contributed by atoms with van der Waals surface area (Å²) < 4.78 is 30.8. The van der Waals surface area contributed by atoms with Gasteiger partial charge in [0.05, 0.1) is 33.8 Å². The minimum absolute atomic E-state index is 0.0349. The fourth-order valence-electron chi connectivity index (χ4n) is 10.2. The number of rotatable bonds is 64. The summed E-state index contributed by atoms with van der Waals surface area (Å²) in [7, 11) is 1.49. The smallest absolute Gasteiger partial charge is 0.456 e. The zero-order valence-corrected chi connectivity index (χ0v) is 56.3. The Bertz CT molecular complexity index is 1650. The van der Waals surface area contributed by atoms with Crippen molar-refractivity contribution in [2.75, 3.05) is 40.9 Å². The van der Waals surface area contributed by atoms with Gasteiger partial charge in [-0.3, -0.25) is 18.6 Å². The molecule has 0 rings (SSSR count). The molecule has 0 saturated heterocycles. The molecular weight excluding hydrogens is 1050 g/mol. The van der Waals surface area contributed by atoms with E-state index in [4.69, 9.17) is 13.8 Å². The van der Waals surface area contributed by atoms with Crippen molar-refractivity contribution in [1.82, 2.24) is 5.32 Å². The Morgan fingerprint density at radius 3 is 1.13 bits per heavy atom. The number of allylic oxidation sites excluding steroid dienone is 11. The van der Waals surface area contributed by atoms with Gasteiger partial charge in [0.25, 0.3) is 0 Å². The maximum absolute atomic E-state index is 13.6. The van der Waals surface area contributed by atoms with Gasteiger partial charge >= 0.3 is 13.8 Å². The Hall–Kier alpha value is -2.55. The molecule has 2 N–H and O–H groups in total. The second-order valence-corrected chi connectivity index (χ2v) is 26.5. The number of carbonyl (C=O) groups is 2. The lowest BCUT2D eigenvalue weighted by Gasteiger charge is -2.27. The molecule has 10 heteroatoms. The van der Waals surface area contributed by atoms with Crippen molar-refractivity contribution in [1.29, 1.82) is 0 Å². The van der Waals surface area contributed by atoms with Crippen LogP contribution in [0.5, 0.6) is 0 Å². The number of quaternary nitrogens is 1. The summed E-state index contributed by atoms with van der Waals surface area (Å²) in [6.45, 7) is 7.00. The van der Waals surface area contributed by atoms with E-state index in [2.05, 4.69) is 86.8 Å². The third-order valence-electron chi connectivity index (χ3n) is 15.6. The number of phosphoric ester groups is 1. The molecule has 484 valence electrons. The fourth-order valence-corrected chi connectivity index (χ4v) is 10.9. The monoisotopic (exact) mass is 1180 g/mol. The van der Waals surface area contributed by atoms with Crippen molar-refractivity contribution >= 4 is 19.7 Å². The fraction of sp³-hybridized carbons (Fsp3) is 0.808. The molecule has 83 heavy (non-hydrogen) atoms. The van der Waals surface area contributed by atoms with E-state index in [1.54, 1.807) is 0 Å². The number of nitrogens with zero attached hydrogens (tertiary/aromatic N) is 1. The summed E-state index contributed by atoms with van der Waals surface area (Å²) in [5.74, 6) is -0.517. The zero-order chi connectivity index (χ0) is 60.7. The van der Waals surface area contributed by atoms with Crippen molar-refractivity contribution in [3.05, 3.63) is 72.9 Å². The largest absolute Gasteiger partial charge is 0.472 e. The van der Waals surface area contributed by atoms with Gasteiger partial charge in [-0.2, -0.15) is 0 Å². The lowest BCUT2D eigenvalue weighted by atomic mass is 10.0. The van der Waals surface area contributed by atoms with Gasteiger partial charge in [-0.25, -0.2) is 4.57 Å². The molecule has 0 aromatic carbocycles. The van der Waals surface area contributed by atoms with Crippen LogP contribution in [0, 0.1) is 0 Å². The molecule has 1 amide bonds. The predicted molar refractivity (Wildman–Crippen MR) is 360 cm³/mol. The zero-order valence-electron chi connectivity index (χ0n) is 55.4. The van der Waals surface area contributed by atoms with Gasteiger partial charge in [0.1, 0.15) is 19.3 Å². The topological polar surface area (TPSA) is 111 Å². The van der Waals surface area contributed by atoms with Crippen LogP contribution < -0.4 is 5.32 Å². The molecule has 0 aromatic heterocycles. The summed E-state index contributed by atoms with van der Waals surface area (Å²) in [4.78, 5) is 37.9. The normalized spacial score (nSPS) is 14.0. The molecule has 0 aromatic rings. The Balaban J connectivity index is 5.16. The molecule has 0 bridgehead atoms. The minimum atomic E-state index is -4.46. The van der Waals surface area contributed by atoms with Gasteiger partial charge in [0.2, 0.25) is 5.91 Å². The highest BCUT2D eigenvalue weighted by atomic mass is 31.2. The number of hydrogen-bond acceptors (Lipinski definition) is 6. The summed E-state index contributed by atoms with van der Waals surface area (Å²) in [5.41, 5.74) is 0. The lowest BCUT2D eigenvalue weighted by Crippen LogP contribution is -2.47. The molecule has 0 saturated carbocycles. The van der Waals surface area contributed by atoms with Gasteiger partial charge < -0.3 is 19.4 Å². The summed E-state index contributed by atoms with van der Waals surface area (Å²) in [5, 5.41) is 3.06. The average molecular weight is 1180 g/mol. The minimum Gasteiger partial charge on any atom is -0.456 e. The molecule has 0 fully saturated rings. The van der Waals surface area contributed by atoms with E-state index >= 15 is 0 Å². The number of phosphoric acid groups is 1. The molecule has 3 unspecified atom stereocenters. The molecule has 0 aliphatic carbocycles. The van der Waals surface area contributed by atoms with Crippen molar-refractivity contribution in [2.45, 2.75) is 341 Å². The van der Waals surface area contributed by atoms with Gasteiger partial charge in [-0.1, -0.05) is 287 Å². The molecule has 0 radical (unpaired) electrons. The summed E-state index contributed by atoms with van der Waals surface area (Å²) in [6.07, 6.45) is 81.9. The number of carbonyl (C=O) groups excluding carboxylic acids is 2. The first-order valence-electron chi connectivity index (χ1n) is 35.3. The molecule has 3 atom stereocenters. The van der Waals surface area contributed by atoms with Crippen LogP contribution in [-0.2, 0) is 27.9 Å². The molecule has 0 aliphatic rings.